The third kappa shape index (κ3) is 4.31. The van der Waals surface area contributed by atoms with Crippen LogP contribution in [0.2, 0.25) is 10.0 Å². The molecule has 2 aromatic rings. The first-order chi connectivity index (χ1) is 15.4. The molecule has 0 aromatic heterocycles. The molecule has 1 N–H and O–H groups in total. The molecule has 4 rings (SSSR count). The molecule has 0 radical (unpaired) electrons. The third-order valence-electron chi connectivity index (χ3n) is 5.70. The average molecular weight is 521 g/mol. The smallest absolute Gasteiger partial charge is 0.374 e. The summed E-state index contributed by atoms with van der Waals surface area (Å²) in [7, 11) is 0. The third-order valence-corrected chi connectivity index (χ3v) is 7.93. The Morgan fingerprint density at radius 1 is 1.18 bits per heavy atom. The van der Waals surface area contributed by atoms with Crippen LogP contribution in [0.25, 0.3) is 0 Å². The minimum Gasteiger partial charge on any atom is -0.374 e. The van der Waals surface area contributed by atoms with Crippen LogP contribution in [-0.2, 0) is 10.4 Å². The molecule has 0 saturated carbocycles. The van der Waals surface area contributed by atoms with Gasteiger partial charge in [0.2, 0.25) is 0 Å². The van der Waals surface area contributed by atoms with Gasteiger partial charge in [-0.3, -0.25) is 4.79 Å². The summed E-state index contributed by atoms with van der Waals surface area (Å²) < 4.78 is 56.3. The highest BCUT2D eigenvalue weighted by Crippen LogP contribution is 2.50. The van der Waals surface area contributed by atoms with Gasteiger partial charge >= 0.3 is 6.18 Å². The molecule has 1 unspecified atom stereocenters. The molecule has 2 heterocycles. The maximum atomic E-state index is 14.2. The van der Waals surface area contributed by atoms with Gasteiger partial charge in [0.15, 0.2) is 5.82 Å². The number of nitrogens with one attached hydrogen (secondary N) is 1. The van der Waals surface area contributed by atoms with E-state index in [-0.39, 0.29) is 17.2 Å². The quantitative estimate of drug-likeness (QED) is 0.382. The molecule has 1 amide bonds. The van der Waals surface area contributed by atoms with E-state index in [4.69, 9.17) is 28.0 Å². The number of hydrogen-bond acceptors (Lipinski definition) is 4. The van der Waals surface area contributed by atoms with Crippen LogP contribution in [0, 0.1) is 12.7 Å². The lowest BCUT2D eigenvalue weighted by atomic mass is 9.86. The summed E-state index contributed by atoms with van der Waals surface area (Å²) in [6.07, 6.45) is -5.57. The van der Waals surface area contributed by atoms with Crippen molar-refractivity contribution in [1.29, 1.82) is 0 Å². The van der Waals surface area contributed by atoms with Gasteiger partial charge in [-0.1, -0.05) is 34.4 Å². The lowest BCUT2D eigenvalue weighted by Gasteiger charge is -2.38. The normalized spacial score (nSPS) is 21.8. The number of rotatable bonds is 4. The van der Waals surface area contributed by atoms with E-state index >= 15 is 0 Å². The molecule has 176 valence electrons. The largest absolute Gasteiger partial charge is 0.435 e. The first-order valence-electron chi connectivity index (χ1n) is 9.83. The molecule has 4 nitrogen and oxygen atoms in total. The Kier molecular flexibility index (Phi) is 6.12. The lowest BCUT2D eigenvalue weighted by molar-refractivity contribution is -0.275. The van der Waals surface area contributed by atoms with Crippen molar-refractivity contribution in [1.82, 2.24) is 5.32 Å². The van der Waals surface area contributed by atoms with Crippen molar-refractivity contribution >= 4 is 46.6 Å². The number of oxime groups is 1. The number of halogens is 6. The number of nitrogens with zero attached hydrogens (tertiary/aromatic N) is 1. The number of carbonyl (C=O) groups is 1. The van der Waals surface area contributed by atoms with Gasteiger partial charge in [-0.05, 0) is 49.2 Å². The summed E-state index contributed by atoms with van der Waals surface area (Å²) in [6, 6.07) is 6.35. The lowest BCUT2D eigenvalue weighted by Crippen LogP contribution is -2.55. The Morgan fingerprint density at radius 3 is 2.33 bits per heavy atom. The summed E-state index contributed by atoms with van der Waals surface area (Å²) in [6.45, 7) is 3.66. The molecule has 33 heavy (non-hydrogen) atoms. The molecule has 0 aliphatic carbocycles. The van der Waals surface area contributed by atoms with Crippen LogP contribution < -0.4 is 5.32 Å². The van der Waals surface area contributed by atoms with Crippen LogP contribution in [0.5, 0.6) is 0 Å². The van der Waals surface area contributed by atoms with E-state index in [1.807, 2.05) is 6.92 Å². The van der Waals surface area contributed by atoms with Crippen molar-refractivity contribution in [2.75, 3.05) is 11.5 Å². The predicted molar refractivity (Wildman–Crippen MR) is 121 cm³/mol. The van der Waals surface area contributed by atoms with Gasteiger partial charge in [-0.25, -0.2) is 4.39 Å². The summed E-state index contributed by atoms with van der Waals surface area (Å²) in [5, 5.41) is 5.58. The highest BCUT2D eigenvalue weighted by molar-refractivity contribution is 8.00. The van der Waals surface area contributed by atoms with E-state index in [0.29, 0.717) is 16.7 Å². The van der Waals surface area contributed by atoms with Gasteiger partial charge in [0.05, 0.1) is 21.3 Å². The number of carbonyl (C=O) groups excluding carboxylic acids is 1. The first kappa shape index (κ1) is 24.2. The molecule has 2 aliphatic heterocycles. The van der Waals surface area contributed by atoms with Crippen molar-refractivity contribution in [2.24, 2.45) is 5.16 Å². The SMILES string of the molecule is Cc1cc(C2=NOC(c3cc(Cl)c(F)c(Cl)c3)(C(F)(F)F)C2)ccc1C(=O)NC1(C)CSC1. The van der Waals surface area contributed by atoms with Gasteiger partial charge in [0, 0.05) is 29.1 Å². The van der Waals surface area contributed by atoms with Gasteiger partial charge in [-0.2, -0.15) is 24.9 Å². The number of alkyl halides is 3. The average Bonchev–Trinajstić information content (AvgIpc) is 3.17. The number of amides is 1. The van der Waals surface area contributed by atoms with Crippen LogP contribution in [0.1, 0.15) is 40.4 Å². The Labute approximate surface area is 201 Å². The maximum absolute atomic E-state index is 14.2. The second kappa shape index (κ2) is 8.36. The zero-order valence-electron chi connectivity index (χ0n) is 17.4. The van der Waals surface area contributed by atoms with Gasteiger partial charge in [0.1, 0.15) is 0 Å². The highest BCUT2D eigenvalue weighted by atomic mass is 35.5. The van der Waals surface area contributed by atoms with E-state index < -0.39 is 39.6 Å². The van der Waals surface area contributed by atoms with E-state index in [2.05, 4.69) is 10.5 Å². The fourth-order valence-corrected chi connectivity index (χ4v) is 5.21. The van der Waals surface area contributed by atoms with Crippen LogP contribution in [0.15, 0.2) is 35.5 Å². The monoisotopic (exact) mass is 520 g/mol. The number of hydrogen-bond donors (Lipinski definition) is 1. The Morgan fingerprint density at radius 2 is 1.82 bits per heavy atom. The first-order valence-corrected chi connectivity index (χ1v) is 11.7. The van der Waals surface area contributed by atoms with E-state index in [1.54, 1.807) is 30.8 Å². The topological polar surface area (TPSA) is 50.7 Å². The Bertz CT molecular complexity index is 1140. The zero-order chi connectivity index (χ0) is 24.2. The van der Waals surface area contributed by atoms with Crippen molar-refractivity contribution in [3.63, 3.8) is 0 Å². The zero-order valence-corrected chi connectivity index (χ0v) is 19.8. The Balaban J connectivity index is 1.62. The molecule has 1 atom stereocenters. The molecule has 0 bridgehead atoms. The fraction of sp³-hybridized carbons (Fsp3) is 0.364. The predicted octanol–water partition coefficient (Wildman–Crippen LogP) is 6.26. The van der Waals surface area contributed by atoms with Crippen LogP contribution in [0.4, 0.5) is 17.6 Å². The summed E-state index contributed by atoms with van der Waals surface area (Å²) >= 11 is 13.2. The molecule has 2 aliphatic rings. The molecular formula is C22H18Cl2F4N2O2S. The van der Waals surface area contributed by atoms with Crippen molar-refractivity contribution in [2.45, 2.75) is 37.6 Å². The Hall–Kier alpha value is -1.97. The molecule has 0 spiro atoms. The molecule has 1 saturated heterocycles. The molecular weight excluding hydrogens is 503 g/mol. The second-order valence-electron chi connectivity index (χ2n) is 8.42. The van der Waals surface area contributed by atoms with E-state index in [0.717, 1.165) is 23.6 Å². The van der Waals surface area contributed by atoms with Crippen molar-refractivity contribution in [3.05, 3.63) is 68.4 Å². The van der Waals surface area contributed by atoms with Gasteiger partial charge in [0.25, 0.3) is 11.5 Å². The second-order valence-corrected chi connectivity index (χ2v) is 10.2. The van der Waals surface area contributed by atoms with Gasteiger partial charge < -0.3 is 10.2 Å². The van der Waals surface area contributed by atoms with Crippen LogP contribution >= 0.6 is 35.0 Å². The summed E-state index contributed by atoms with van der Waals surface area (Å²) in [4.78, 5) is 17.6. The van der Waals surface area contributed by atoms with Crippen LogP contribution in [0.3, 0.4) is 0 Å². The standard InChI is InChI=1S/C22H18Cl2F4N2O2S/c1-11-5-12(3-4-14(11)19(31)29-20(2)9-33-10-20)17-8-21(32-30-17,22(26,27)28)13-6-15(23)18(25)16(24)7-13/h3-7H,8-10H2,1-2H3,(H,29,31). The number of thioether (sulfide) groups is 1. The molecule has 11 heteroatoms. The van der Waals surface area contributed by atoms with E-state index in [1.165, 1.54) is 6.07 Å². The summed E-state index contributed by atoms with van der Waals surface area (Å²) in [5.41, 5.74) is -2.17. The van der Waals surface area contributed by atoms with Crippen molar-refractivity contribution in [3.8, 4) is 0 Å². The maximum Gasteiger partial charge on any atom is 0.435 e. The minimum absolute atomic E-state index is 0.0290. The molecule has 2 aromatic carbocycles. The van der Waals surface area contributed by atoms with E-state index in [9.17, 15) is 22.4 Å². The minimum atomic E-state index is -4.90. The molecule has 1 fully saturated rings. The number of aryl methyl sites for hydroxylation is 1. The highest BCUT2D eigenvalue weighted by Gasteiger charge is 2.62. The number of benzene rings is 2. The van der Waals surface area contributed by atoms with Gasteiger partial charge in [-0.15, -0.1) is 0 Å². The fourth-order valence-electron chi connectivity index (χ4n) is 3.77. The summed E-state index contributed by atoms with van der Waals surface area (Å²) in [5.74, 6) is 0.381. The van der Waals surface area contributed by atoms with Crippen LogP contribution in [-0.4, -0.2) is 34.8 Å². The van der Waals surface area contributed by atoms with Crippen molar-refractivity contribution < 1.29 is 27.2 Å².